The summed E-state index contributed by atoms with van der Waals surface area (Å²) in [5.74, 6) is 0. The molecule has 1 aliphatic rings. The largest absolute Gasteiger partial charge is 0.392 e. The van der Waals surface area contributed by atoms with Crippen LogP contribution in [0.4, 0.5) is 0 Å². The number of H-pyrrole nitrogens is 1. The molecule has 0 aliphatic carbocycles. The highest BCUT2D eigenvalue weighted by atomic mass is 32.1. The van der Waals surface area contributed by atoms with E-state index in [0.29, 0.717) is 13.1 Å². The fourth-order valence-corrected chi connectivity index (χ4v) is 2.12. The summed E-state index contributed by atoms with van der Waals surface area (Å²) in [7, 11) is 0. The topological polar surface area (TPSA) is 69.2 Å². The molecular weight excluding hydrogens is 190 g/mol. The molecular formula is C7H11N3O2S. The Morgan fingerprint density at radius 1 is 1.77 bits per heavy atom. The van der Waals surface area contributed by atoms with Crippen molar-refractivity contribution in [1.29, 1.82) is 0 Å². The van der Waals surface area contributed by atoms with Crippen LogP contribution in [0.15, 0.2) is 4.79 Å². The van der Waals surface area contributed by atoms with E-state index in [1.54, 1.807) is 0 Å². The zero-order valence-electron chi connectivity index (χ0n) is 7.06. The molecule has 72 valence electrons. The molecule has 0 bridgehead atoms. The van der Waals surface area contributed by atoms with E-state index in [9.17, 15) is 9.90 Å². The van der Waals surface area contributed by atoms with Crippen molar-refractivity contribution in [3.8, 4) is 0 Å². The number of hydrogen-bond acceptors (Lipinski definition) is 5. The Kier molecular flexibility index (Phi) is 2.43. The Morgan fingerprint density at radius 2 is 2.62 bits per heavy atom. The van der Waals surface area contributed by atoms with Gasteiger partial charge in [-0.25, -0.2) is 5.10 Å². The molecule has 0 unspecified atom stereocenters. The molecule has 0 radical (unpaired) electrons. The van der Waals surface area contributed by atoms with Gasteiger partial charge in [0.05, 0.1) is 12.6 Å². The smallest absolute Gasteiger partial charge is 0.322 e. The minimum atomic E-state index is -0.212. The normalized spacial score (nSPS) is 23.9. The standard InChI is InChI=1S/C7H11N3O2S/c11-5-1-2-10(3-5)4-6-8-9-7(12)13-6/h5,11H,1-4H2,(H,9,12)/t5-/m1/s1. The van der Waals surface area contributed by atoms with Crippen LogP contribution in [0.1, 0.15) is 11.4 Å². The van der Waals surface area contributed by atoms with Crippen LogP contribution in [0.25, 0.3) is 0 Å². The molecule has 1 fully saturated rings. The van der Waals surface area contributed by atoms with Crippen molar-refractivity contribution in [3.63, 3.8) is 0 Å². The minimum Gasteiger partial charge on any atom is -0.392 e. The first-order valence-corrected chi connectivity index (χ1v) is 5.00. The van der Waals surface area contributed by atoms with E-state index in [0.717, 1.165) is 29.3 Å². The number of rotatable bonds is 2. The lowest BCUT2D eigenvalue weighted by molar-refractivity contribution is 0.174. The molecule has 0 spiro atoms. The van der Waals surface area contributed by atoms with Crippen molar-refractivity contribution in [3.05, 3.63) is 14.7 Å². The second kappa shape index (κ2) is 3.57. The molecule has 0 aromatic carbocycles. The first-order chi connectivity index (χ1) is 6.24. The average molecular weight is 201 g/mol. The van der Waals surface area contributed by atoms with Crippen molar-refractivity contribution < 1.29 is 5.11 Å². The third-order valence-corrected chi connectivity index (χ3v) is 2.82. The monoisotopic (exact) mass is 201 g/mol. The minimum absolute atomic E-state index is 0.116. The summed E-state index contributed by atoms with van der Waals surface area (Å²) in [6.45, 7) is 2.24. The van der Waals surface area contributed by atoms with Crippen LogP contribution < -0.4 is 4.87 Å². The molecule has 13 heavy (non-hydrogen) atoms. The Labute approximate surface area is 79.0 Å². The Morgan fingerprint density at radius 3 is 3.15 bits per heavy atom. The summed E-state index contributed by atoms with van der Waals surface area (Å²) in [6.07, 6.45) is 0.606. The van der Waals surface area contributed by atoms with Gasteiger partial charge in [0.15, 0.2) is 0 Å². The lowest BCUT2D eigenvalue weighted by Gasteiger charge is -2.11. The molecule has 5 nitrogen and oxygen atoms in total. The molecule has 1 saturated heterocycles. The predicted octanol–water partition coefficient (Wildman–Crippen LogP) is -0.602. The van der Waals surface area contributed by atoms with Gasteiger partial charge in [0.1, 0.15) is 5.01 Å². The van der Waals surface area contributed by atoms with Gasteiger partial charge in [-0.1, -0.05) is 11.3 Å². The van der Waals surface area contributed by atoms with Crippen LogP contribution in [0.3, 0.4) is 0 Å². The SMILES string of the molecule is O=c1[nH]nc(CN2CC[C@@H](O)C2)s1. The van der Waals surface area contributed by atoms with E-state index >= 15 is 0 Å². The average Bonchev–Trinajstić information content (AvgIpc) is 2.62. The highest BCUT2D eigenvalue weighted by Gasteiger charge is 2.20. The van der Waals surface area contributed by atoms with Crippen molar-refractivity contribution >= 4 is 11.3 Å². The van der Waals surface area contributed by atoms with Crippen molar-refractivity contribution in [1.82, 2.24) is 15.1 Å². The Bertz CT molecular complexity index is 334. The molecule has 0 saturated carbocycles. The van der Waals surface area contributed by atoms with E-state index in [2.05, 4.69) is 15.1 Å². The maximum absolute atomic E-state index is 10.8. The number of β-amino-alcohol motifs (C(OH)–C–C–N with tert-alkyl or cyclic N) is 1. The molecule has 2 heterocycles. The highest BCUT2D eigenvalue weighted by molar-refractivity contribution is 7.08. The number of aromatic amines is 1. The Balaban J connectivity index is 1.95. The van der Waals surface area contributed by atoms with E-state index in [-0.39, 0.29) is 11.0 Å². The lowest BCUT2D eigenvalue weighted by Crippen LogP contribution is -2.21. The second-order valence-electron chi connectivity index (χ2n) is 3.18. The molecule has 2 N–H and O–H groups in total. The molecule has 2 rings (SSSR count). The quantitative estimate of drug-likeness (QED) is 0.670. The van der Waals surface area contributed by atoms with Gasteiger partial charge in [-0.3, -0.25) is 9.69 Å². The van der Waals surface area contributed by atoms with Crippen LogP contribution in [-0.2, 0) is 6.54 Å². The van der Waals surface area contributed by atoms with E-state index < -0.39 is 0 Å². The molecule has 1 aromatic rings. The van der Waals surface area contributed by atoms with Gasteiger partial charge >= 0.3 is 4.87 Å². The highest BCUT2D eigenvalue weighted by Crippen LogP contribution is 2.12. The number of hydrogen-bond donors (Lipinski definition) is 2. The third kappa shape index (κ3) is 2.15. The molecule has 1 aromatic heterocycles. The van der Waals surface area contributed by atoms with E-state index in [1.165, 1.54) is 0 Å². The van der Waals surface area contributed by atoms with Gasteiger partial charge in [0.2, 0.25) is 0 Å². The summed E-state index contributed by atoms with van der Waals surface area (Å²) in [5.41, 5.74) is 0. The van der Waals surface area contributed by atoms with Gasteiger partial charge in [0, 0.05) is 13.1 Å². The van der Waals surface area contributed by atoms with Gasteiger partial charge in [0.25, 0.3) is 0 Å². The number of nitrogens with zero attached hydrogens (tertiary/aromatic N) is 2. The number of aliphatic hydroxyl groups is 1. The molecule has 1 aliphatic heterocycles. The first kappa shape index (κ1) is 8.86. The van der Waals surface area contributed by atoms with Crippen LogP contribution in [0.5, 0.6) is 0 Å². The summed E-state index contributed by atoms with van der Waals surface area (Å²) in [5, 5.41) is 16.3. The van der Waals surface area contributed by atoms with Crippen molar-refractivity contribution in [2.75, 3.05) is 13.1 Å². The maximum atomic E-state index is 10.8. The number of likely N-dealkylation sites (tertiary alicyclic amines) is 1. The van der Waals surface area contributed by atoms with Gasteiger partial charge < -0.3 is 5.11 Å². The van der Waals surface area contributed by atoms with Crippen LogP contribution in [0.2, 0.25) is 0 Å². The lowest BCUT2D eigenvalue weighted by atomic mass is 10.3. The van der Waals surface area contributed by atoms with Crippen molar-refractivity contribution in [2.45, 2.75) is 19.1 Å². The van der Waals surface area contributed by atoms with Crippen molar-refractivity contribution in [2.24, 2.45) is 0 Å². The fraction of sp³-hybridized carbons (Fsp3) is 0.714. The maximum Gasteiger partial charge on any atom is 0.322 e. The van der Waals surface area contributed by atoms with Gasteiger partial charge in [-0.15, -0.1) is 0 Å². The predicted molar refractivity (Wildman–Crippen MR) is 48.6 cm³/mol. The molecule has 1 atom stereocenters. The third-order valence-electron chi connectivity index (χ3n) is 2.09. The first-order valence-electron chi connectivity index (χ1n) is 4.19. The Hall–Kier alpha value is -0.720. The fourth-order valence-electron chi connectivity index (χ4n) is 1.48. The summed E-state index contributed by atoms with van der Waals surface area (Å²) in [6, 6.07) is 0. The second-order valence-corrected chi connectivity index (χ2v) is 4.23. The van der Waals surface area contributed by atoms with E-state index in [1.807, 2.05) is 0 Å². The molecule has 0 amide bonds. The number of aromatic nitrogens is 2. The summed E-state index contributed by atoms with van der Waals surface area (Å²) < 4.78 is 0. The number of aliphatic hydroxyl groups excluding tert-OH is 1. The zero-order chi connectivity index (χ0) is 9.26. The van der Waals surface area contributed by atoms with Crippen LogP contribution in [0, 0.1) is 0 Å². The van der Waals surface area contributed by atoms with Crippen LogP contribution in [-0.4, -0.2) is 39.4 Å². The molecule has 6 heteroatoms. The van der Waals surface area contributed by atoms with Gasteiger partial charge in [-0.2, -0.15) is 5.10 Å². The number of nitrogens with one attached hydrogen (secondary N) is 1. The van der Waals surface area contributed by atoms with E-state index in [4.69, 9.17) is 0 Å². The summed E-state index contributed by atoms with van der Waals surface area (Å²) >= 11 is 1.13. The van der Waals surface area contributed by atoms with Gasteiger partial charge in [-0.05, 0) is 6.42 Å². The summed E-state index contributed by atoms with van der Waals surface area (Å²) in [4.78, 5) is 12.7. The van der Waals surface area contributed by atoms with Crippen LogP contribution >= 0.6 is 11.3 Å². The zero-order valence-corrected chi connectivity index (χ0v) is 7.88.